The number of nitrogens with zero attached hydrogens (tertiary/aromatic N) is 3. The number of rotatable bonds is 1. The number of anilines is 1. The van der Waals surface area contributed by atoms with E-state index >= 15 is 0 Å². The molecule has 0 radical (unpaired) electrons. The van der Waals surface area contributed by atoms with E-state index in [0.29, 0.717) is 0 Å². The van der Waals surface area contributed by atoms with Crippen LogP contribution in [-0.4, -0.2) is 23.1 Å². The second-order valence-corrected chi connectivity index (χ2v) is 6.11. The predicted molar refractivity (Wildman–Crippen MR) is 66.7 cm³/mol. The summed E-state index contributed by atoms with van der Waals surface area (Å²) in [5, 5.41) is 1.18. The van der Waals surface area contributed by atoms with Crippen molar-refractivity contribution in [2.45, 2.75) is 13.3 Å². The minimum Gasteiger partial charge on any atom is -0.356 e. The Morgan fingerprint density at radius 2 is 2.20 bits per heavy atom. The molecule has 0 N–H and O–H groups in total. The Morgan fingerprint density at radius 1 is 1.40 bits per heavy atom. The van der Waals surface area contributed by atoms with Crippen LogP contribution in [-0.2, 0) is 0 Å². The largest absolute Gasteiger partial charge is 0.356 e. The van der Waals surface area contributed by atoms with Crippen molar-refractivity contribution in [3.05, 3.63) is 15.7 Å². The Morgan fingerprint density at radius 3 is 2.87 bits per heavy atom. The summed E-state index contributed by atoms with van der Waals surface area (Å²) < 4.78 is 1.12. The third-order valence-corrected chi connectivity index (χ3v) is 4.14. The lowest BCUT2D eigenvalue weighted by atomic mass is 10.2. The van der Waals surface area contributed by atoms with E-state index in [1.165, 1.54) is 11.8 Å². The third-order valence-electron chi connectivity index (χ3n) is 2.61. The molecule has 0 aliphatic carbocycles. The van der Waals surface area contributed by atoms with E-state index in [0.717, 1.165) is 33.3 Å². The molecular formula is C10H10BrN3S. The zero-order valence-corrected chi connectivity index (χ0v) is 10.7. The predicted octanol–water partition coefficient (Wildman–Crippen LogP) is 2.97. The van der Waals surface area contributed by atoms with E-state index in [2.05, 4.69) is 36.9 Å². The second-order valence-electron chi connectivity index (χ2n) is 3.70. The van der Waals surface area contributed by atoms with Gasteiger partial charge in [-0.2, -0.15) is 0 Å². The SMILES string of the molecule is Cc1nc(N2CCC2)c2cc(Br)sc2n1. The molecule has 3 rings (SSSR count). The fourth-order valence-electron chi connectivity index (χ4n) is 1.75. The molecule has 2 aromatic rings. The molecule has 0 bridgehead atoms. The van der Waals surface area contributed by atoms with Crippen molar-refractivity contribution in [3.8, 4) is 0 Å². The van der Waals surface area contributed by atoms with Crippen molar-refractivity contribution >= 4 is 43.3 Å². The first-order valence-corrected chi connectivity index (χ1v) is 6.53. The highest BCUT2D eigenvalue weighted by molar-refractivity contribution is 9.11. The molecule has 0 atom stereocenters. The van der Waals surface area contributed by atoms with Crippen LogP contribution in [0.3, 0.4) is 0 Å². The van der Waals surface area contributed by atoms with Gasteiger partial charge in [-0.15, -0.1) is 11.3 Å². The van der Waals surface area contributed by atoms with Crippen LogP contribution in [0, 0.1) is 6.92 Å². The molecule has 0 unspecified atom stereocenters. The molecule has 0 aromatic carbocycles. The van der Waals surface area contributed by atoms with Crippen molar-refractivity contribution < 1.29 is 0 Å². The second kappa shape index (κ2) is 3.42. The number of thiophene rings is 1. The minimum absolute atomic E-state index is 0.860. The van der Waals surface area contributed by atoms with Crippen molar-refractivity contribution in [1.29, 1.82) is 0 Å². The van der Waals surface area contributed by atoms with Crippen molar-refractivity contribution in [3.63, 3.8) is 0 Å². The van der Waals surface area contributed by atoms with Crippen LogP contribution in [0.15, 0.2) is 9.85 Å². The fourth-order valence-corrected chi connectivity index (χ4v) is 3.24. The van der Waals surface area contributed by atoms with Gasteiger partial charge in [-0.25, -0.2) is 9.97 Å². The first kappa shape index (κ1) is 9.54. The maximum absolute atomic E-state index is 4.54. The molecule has 1 aliphatic rings. The molecule has 0 spiro atoms. The van der Waals surface area contributed by atoms with Crippen LogP contribution < -0.4 is 4.90 Å². The van der Waals surface area contributed by atoms with Crippen LogP contribution in [0.5, 0.6) is 0 Å². The van der Waals surface area contributed by atoms with Crippen LogP contribution in [0.2, 0.25) is 0 Å². The number of aryl methyl sites for hydroxylation is 1. The molecule has 2 aromatic heterocycles. The van der Waals surface area contributed by atoms with Gasteiger partial charge in [0.2, 0.25) is 0 Å². The maximum Gasteiger partial charge on any atom is 0.141 e. The van der Waals surface area contributed by atoms with Gasteiger partial charge in [0.1, 0.15) is 16.5 Å². The lowest BCUT2D eigenvalue weighted by Gasteiger charge is -2.32. The zero-order valence-electron chi connectivity index (χ0n) is 8.33. The average Bonchev–Trinajstić information content (AvgIpc) is 2.41. The molecular weight excluding hydrogens is 274 g/mol. The summed E-state index contributed by atoms with van der Waals surface area (Å²) in [4.78, 5) is 12.4. The van der Waals surface area contributed by atoms with E-state index in [9.17, 15) is 0 Å². The summed E-state index contributed by atoms with van der Waals surface area (Å²) in [5.74, 6) is 1.96. The lowest BCUT2D eigenvalue weighted by Crippen LogP contribution is -2.37. The van der Waals surface area contributed by atoms with Gasteiger partial charge in [-0.1, -0.05) is 0 Å². The van der Waals surface area contributed by atoms with Gasteiger partial charge in [0, 0.05) is 13.1 Å². The summed E-state index contributed by atoms with van der Waals surface area (Å²) >= 11 is 5.18. The number of hydrogen-bond acceptors (Lipinski definition) is 4. The monoisotopic (exact) mass is 283 g/mol. The molecule has 5 heteroatoms. The zero-order chi connectivity index (χ0) is 10.4. The van der Waals surface area contributed by atoms with Crippen LogP contribution in [0.4, 0.5) is 5.82 Å². The molecule has 1 aliphatic heterocycles. The summed E-state index contributed by atoms with van der Waals surface area (Å²) in [6, 6.07) is 2.12. The molecule has 3 nitrogen and oxygen atoms in total. The first-order chi connectivity index (χ1) is 7.24. The third kappa shape index (κ3) is 1.54. The first-order valence-electron chi connectivity index (χ1n) is 4.93. The molecule has 15 heavy (non-hydrogen) atoms. The van der Waals surface area contributed by atoms with Crippen molar-refractivity contribution in [2.24, 2.45) is 0 Å². The highest BCUT2D eigenvalue weighted by Gasteiger charge is 2.20. The fraction of sp³-hybridized carbons (Fsp3) is 0.400. The highest BCUT2D eigenvalue weighted by atomic mass is 79.9. The summed E-state index contributed by atoms with van der Waals surface area (Å²) in [7, 11) is 0. The highest BCUT2D eigenvalue weighted by Crippen LogP contribution is 2.35. The summed E-state index contributed by atoms with van der Waals surface area (Å²) in [6.45, 7) is 4.20. The van der Waals surface area contributed by atoms with Crippen LogP contribution >= 0.6 is 27.3 Å². The van der Waals surface area contributed by atoms with Crippen LogP contribution in [0.25, 0.3) is 10.2 Å². The van der Waals surface area contributed by atoms with Gasteiger partial charge in [0.25, 0.3) is 0 Å². The molecule has 78 valence electrons. The molecule has 1 saturated heterocycles. The van der Waals surface area contributed by atoms with Gasteiger partial charge >= 0.3 is 0 Å². The van der Waals surface area contributed by atoms with Gasteiger partial charge in [-0.05, 0) is 35.3 Å². The van der Waals surface area contributed by atoms with Crippen molar-refractivity contribution in [2.75, 3.05) is 18.0 Å². The topological polar surface area (TPSA) is 29.0 Å². The number of fused-ring (bicyclic) bond motifs is 1. The van der Waals surface area contributed by atoms with E-state index in [1.54, 1.807) is 11.3 Å². The summed E-state index contributed by atoms with van der Waals surface area (Å²) in [6.07, 6.45) is 1.27. The van der Waals surface area contributed by atoms with E-state index in [-0.39, 0.29) is 0 Å². The quantitative estimate of drug-likeness (QED) is 0.806. The number of hydrogen-bond donors (Lipinski definition) is 0. The smallest absolute Gasteiger partial charge is 0.141 e. The van der Waals surface area contributed by atoms with E-state index in [4.69, 9.17) is 0 Å². The Labute approximate surface area is 100 Å². The van der Waals surface area contributed by atoms with E-state index < -0.39 is 0 Å². The Kier molecular flexibility index (Phi) is 2.17. The van der Waals surface area contributed by atoms with Gasteiger partial charge in [0.15, 0.2) is 0 Å². The van der Waals surface area contributed by atoms with E-state index in [1.807, 2.05) is 6.92 Å². The standard InChI is InChI=1S/C10H10BrN3S/c1-6-12-9(14-3-2-4-14)7-5-8(11)15-10(7)13-6/h5H,2-4H2,1H3. The van der Waals surface area contributed by atoms with Gasteiger partial charge in [0.05, 0.1) is 9.17 Å². The van der Waals surface area contributed by atoms with Crippen molar-refractivity contribution in [1.82, 2.24) is 9.97 Å². The normalized spacial score (nSPS) is 15.7. The Hall–Kier alpha value is -0.680. The summed E-state index contributed by atoms with van der Waals surface area (Å²) in [5.41, 5.74) is 0. The average molecular weight is 284 g/mol. The molecule has 1 fully saturated rings. The van der Waals surface area contributed by atoms with Gasteiger partial charge in [-0.3, -0.25) is 0 Å². The number of halogens is 1. The Balaban J connectivity index is 2.24. The minimum atomic E-state index is 0.860. The molecule has 0 amide bonds. The Bertz CT molecular complexity index is 519. The molecule has 0 saturated carbocycles. The van der Waals surface area contributed by atoms with Gasteiger partial charge < -0.3 is 4.90 Å². The molecule has 3 heterocycles. The lowest BCUT2D eigenvalue weighted by molar-refractivity contribution is 0.611. The maximum atomic E-state index is 4.54. The number of aromatic nitrogens is 2. The van der Waals surface area contributed by atoms with Crippen LogP contribution in [0.1, 0.15) is 12.2 Å².